The van der Waals surface area contributed by atoms with Crippen molar-refractivity contribution in [3.8, 4) is 5.75 Å². The van der Waals surface area contributed by atoms with Gasteiger partial charge in [-0.25, -0.2) is 9.18 Å². The van der Waals surface area contributed by atoms with E-state index in [9.17, 15) is 9.18 Å². The van der Waals surface area contributed by atoms with E-state index >= 15 is 0 Å². The van der Waals surface area contributed by atoms with Gasteiger partial charge in [-0.1, -0.05) is 0 Å². The standard InChI is InChI=1S/C10H10BrFO3/c1-3-15-9-5-7(11)6(4-8(9)12)10(13)14-2/h4-5H,3H2,1-2H3. The number of hydrogen-bond acceptors (Lipinski definition) is 3. The fraction of sp³-hybridized carbons (Fsp3) is 0.300. The molecule has 5 heteroatoms. The van der Waals surface area contributed by atoms with Crippen LogP contribution in [0.1, 0.15) is 17.3 Å². The number of halogens is 2. The van der Waals surface area contributed by atoms with Crippen LogP contribution in [-0.2, 0) is 4.74 Å². The van der Waals surface area contributed by atoms with Crippen LogP contribution >= 0.6 is 15.9 Å². The summed E-state index contributed by atoms with van der Waals surface area (Å²) >= 11 is 3.15. The Hall–Kier alpha value is -1.10. The molecule has 0 aromatic heterocycles. The van der Waals surface area contributed by atoms with E-state index in [1.54, 1.807) is 6.92 Å². The highest BCUT2D eigenvalue weighted by Gasteiger charge is 2.15. The zero-order valence-electron chi connectivity index (χ0n) is 8.34. The second-order valence-corrected chi connectivity index (χ2v) is 3.54. The van der Waals surface area contributed by atoms with Crippen molar-refractivity contribution in [2.75, 3.05) is 13.7 Å². The van der Waals surface area contributed by atoms with Gasteiger partial charge in [-0.2, -0.15) is 0 Å². The van der Waals surface area contributed by atoms with E-state index in [1.165, 1.54) is 13.2 Å². The molecule has 0 saturated heterocycles. The lowest BCUT2D eigenvalue weighted by Crippen LogP contribution is -2.04. The minimum atomic E-state index is -0.594. The summed E-state index contributed by atoms with van der Waals surface area (Å²) in [7, 11) is 1.24. The summed E-state index contributed by atoms with van der Waals surface area (Å²) in [6, 6.07) is 2.49. The first kappa shape index (κ1) is 12.0. The highest BCUT2D eigenvalue weighted by molar-refractivity contribution is 9.10. The van der Waals surface area contributed by atoms with Gasteiger partial charge in [0.25, 0.3) is 0 Å². The molecule has 0 saturated carbocycles. The minimum Gasteiger partial charge on any atom is -0.491 e. The van der Waals surface area contributed by atoms with Crippen molar-refractivity contribution in [3.63, 3.8) is 0 Å². The highest BCUT2D eigenvalue weighted by Crippen LogP contribution is 2.27. The first-order valence-electron chi connectivity index (χ1n) is 4.30. The number of rotatable bonds is 3. The zero-order chi connectivity index (χ0) is 11.4. The minimum absolute atomic E-state index is 0.108. The van der Waals surface area contributed by atoms with Crippen molar-refractivity contribution in [2.45, 2.75) is 6.92 Å². The van der Waals surface area contributed by atoms with Gasteiger partial charge in [-0.3, -0.25) is 0 Å². The van der Waals surface area contributed by atoms with Gasteiger partial charge in [0.15, 0.2) is 11.6 Å². The third-order valence-electron chi connectivity index (χ3n) is 1.73. The average molecular weight is 277 g/mol. The Bertz CT molecular complexity index is 379. The molecule has 0 unspecified atom stereocenters. The molecule has 82 valence electrons. The molecule has 0 bridgehead atoms. The number of carbonyl (C=O) groups is 1. The zero-order valence-corrected chi connectivity index (χ0v) is 9.93. The molecule has 1 aromatic carbocycles. The van der Waals surface area contributed by atoms with Gasteiger partial charge in [0.1, 0.15) is 0 Å². The molecule has 0 radical (unpaired) electrons. The van der Waals surface area contributed by atoms with Gasteiger partial charge in [0.05, 0.1) is 19.3 Å². The topological polar surface area (TPSA) is 35.5 Å². The summed E-state index contributed by atoms with van der Waals surface area (Å²) in [5.41, 5.74) is 0.137. The average Bonchev–Trinajstić information content (AvgIpc) is 2.22. The number of hydrogen-bond donors (Lipinski definition) is 0. The molecular weight excluding hydrogens is 267 g/mol. The van der Waals surface area contributed by atoms with Crippen LogP contribution in [0.4, 0.5) is 4.39 Å². The van der Waals surface area contributed by atoms with Gasteiger partial charge >= 0.3 is 5.97 Å². The van der Waals surface area contributed by atoms with Crippen LogP contribution in [0.5, 0.6) is 5.75 Å². The summed E-state index contributed by atoms with van der Waals surface area (Å²) in [6.45, 7) is 2.11. The monoisotopic (exact) mass is 276 g/mol. The fourth-order valence-electron chi connectivity index (χ4n) is 1.06. The number of methoxy groups -OCH3 is 1. The maximum atomic E-state index is 13.4. The van der Waals surface area contributed by atoms with Crippen LogP contribution in [0.2, 0.25) is 0 Å². The quantitative estimate of drug-likeness (QED) is 0.797. The lowest BCUT2D eigenvalue weighted by atomic mass is 10.2. The van der Waals surface area contributed by atoms with Crippen molar-refractivity contribution in [1.29, 1.82) is 0 Å². The van der Waals surface area contributed by atoms with Gasteiger partial charge in [-0.15, -0.1) is 0 Å². The van der Waals surface area contributed by atoms with E-state index in [2.05, 4.69) is 20.7 Å². The number of esters is 1. The molecule has 15 heavy (non-hydrogen) atoms. The molecule has 0 aliphatic rings. The van der Waals surface area contributed by atoms with Crippen LogP contribution in [-0.4, -0.2) is 19.7 Å². The number of carbonyl (C=O) groups excluding carboxylic acids is 1. The predicted octanol–water partition coefficient (Wildman–Crippen LogP) is 2.77. The Balaban J connectivity index is 3.13. The molecule has 0 aliphatic carbocycles. The van der Waals surface area contributed by atoms with Crippen molar-refractivity contribution in [1.82, 2.24) is 0 Å². The molecule has 0 atom stereocenters. The van der Waals surface area contributed by atoms with E-state index in [0.717, 1.165) is 6.07 Å². The van der Waals surface area contributed by atoms with E-state index in [1.807, 2.05) is 0 Å². The van der Waals surface area contributed by atoms with Crippen LogP contribution in [0.25, 0.3) is 0 Å². The van der Waals surface area contributed by atoms with E-state index < -0.39 is 11.8 Å². The maximum absolute atomic E-state index is 13.4. The lowest BCUT2D eigenvalue weighted by Gasteiger charge is -2.08. The first-order chi connectivity index (χ1) is 7.10. The van der Waals surface area contributed by atoms with Crippen molar-refractivity contribution < 1.29 is 18.7 Å². The largest absolute Gasteiger partial charge is 0.491 e. The van der Waals surface area contributed by atoms with Crippen molar-refractivity contribution >= 4 is 21.9 Å². The lowest BCUT2D eigenvalue weighted by molar-refractivity contribution is 0.0599. The van der Waals surface area contributed by atoms with Gasteiger partial charge in [-0.05, 0) is 35.0 Å². The maximum Gasteiger partial charge on any atom is 0.339 e. The molecule has 0 heterocycles. The Morgan fingerprint density at radius 1 is 1.53 bits per heavy atom. The molecule has 0 amide bonds. The van der Waals surface area contributed by atoms with Gasteiger partial charge < -0.3 is 9.47 Å². The second kappa shape index (κ2) is 5.11. The highest BCUT2D eigenvalue weighted by atomic mass is 79.9. The predicted molar refractivity (Wildman–Crippen MR) is 56.6 cm³/mol. The molecule has 3 nitrogen and oxygen atoms in total. The van der Waals surface area contributed by atoms with Crippen LogP contribution in [0.3, 0.4) is 0 Å². The summed E-state index contributed by atoms with van der Waals surface area (Å²) in [6.07, 6.45) is 0. The Morgan fingerprint density at radius 2 is 2.20 bits per heavy atom. The van der Waals surface area contributed by atoms with E-state index in [4.69, 9.17) is 4.74 Å². The molecule has 0 N–H and O–H groups in total. The SMILES string of the molecule is CCOc1cc(Br)c(C(=O)OC)cc1F. The Morgan fingerprint density at radius 3 is 2.73 bits per heavy atom. The van der Waals surface area contributed by atoms with Crippen LogP contribution < -0.4 is 4.74 Å². The molecule has 0 spiro atoms. The summed E-state index contributed by atoms with van der Waals surface area (Å²) in [4.78, 5) is 11.2. The van der Waals surface area contributed by atoms with Crippen molar-refractivity contribution in [3.05, 3.63) is 28.0 Å². The van der Waals surface area contributed by atoms with Gasteiger partial charge in [0, 0.05) is 4.47 Å². The summed E-state index contributed by atoms with van der Waals surface area (Å²) in [5.74, 6) is -1.07. The third-order valence-corrected chi connectivity index (χ3v) is 2.38. The number of ether oxygens (including phenoxy) is 2. The Kier molecular flexibility index (Phi) is 4.08. The summed E-state index contributed by atoms with van der Waals surface area (Å²) < 4.78 is 23.3. The normalized spacial score (nSPS) is 9.87. The molecule has 1 rings (SSSR count). The first-order valence-corrected chi connectivity index (χ1v) is 5.09. The molecular formula is C10H10BrFO3. The fourth-order valence-corrected chi connectivity index (χ4v) is 1.55. The molecule has 0 fully saturated rings. The molecule has 1 aromatic rings. The second-order valence-electron chi connectivity index (χ2n) is 2.69. The molecule has 0 aliphatic heterocycles. The van der Waals surface area contributed by atoms with Crippen LogP contribution in [0.15, 0.2) is 16.6 Å². The Labute approximate surface area is 95.3 Å². The van der Waals surface area contributed by atoms with E-state index in [0.29, 0.717) is 11.1 Å². The van der Waals surface area contributed by atoms with Gasteiger partial charge in [0.2, 0.25) is 0 Å². The van der Waals surface area contributed by atoms with E-state index in [-0.39, 0.29) is 11.3 Å². The van der Waals surface area contributed by atoms with Crippen LogP contribution in [0, 0.1) is 5.82 Å². The third kappa shape index (κ3) is 2.68. The smallest absolute Gasteiger partial charge is 0.339 e. The summed E-state index contributed by atoms with van der Waals surface area (Å²) in [5, 5.41) is 0. The number of benzene rings is 1. The van der Waals surface area contributed by atoms with Crippen molar-refractivity contribution in [2.24, 2.45) is 0 Å².